The molecule has 2 aliphatic heterocycles. The number of carbonyl (C=O) groups excluding carboxylic acids is 3. The number of rotatable bonds is 4. The molecule has 2 amide bonds. The van der Waals surface area contributed by atoms with E-state index in [1.165, 1.54) is 0 Å². The van der Waals surface area contributed by atoms with Crippen LogP contribution >= 0.6 is 0 Å². The van der Waals surface area contributed by atoms with Gasteiger partial charge in [-0.15, -0.1) is 0 Å². The summed E-state index contributed by atoms with van der Waals surface area (Å²) in [6.07, 6.45) is 0. The number of ether oxygens (including phenoxy) is 1. The van der Waals surface area contributed by atoms with Gasteiger partial charge in [0, 0.05) is 12.1 Å². The Labute approximate surface area is 167 Å². The Kier molecular flexibility index (Phi) is 3.87. The number of benzene rings is 2. The van der Waals surface area contributed by atoms with Gasteiger partial charge in [-0.25, -0.2) is 0 Å². The molecule has 6 nitrogen and oxygen atoms in total. The number of aromatic nitrogens is 1. The molecule has 0 spiro atoms. The van der Waals surface area contributed by atoms with Gasteiger partial charge < -0.3 is 9.30 Å². The van der Waals surface area contributed by atoms with Gasteiger partial charge in [0.05, 0.1) is 29.1 Å². The first-order chi connectivity index (χ1) is 14.1. The third-order valence-corrected chi connectivity index (χ3v) is 5.42. The second-order valence-corrected chi connectivity index (χ2v) is 7.06. The van der Waals surface area contributed by atoms with E-state index >= 15 is 0 Å². The van der Waals surface area contributed by atoms with Gasteiger partial charge in [-0.3, -0.25) is 19.3 Å². The van der Waals surface area contributed by atoms with Crippen LogP contribution in [0.15, 0.2) is 54.6 Å². The van der Waals surface area contributed by atoms with Crippen molar-refractivity contribution >= 4 is 17.8 Å². The summed E-state index contributed by atoms with van der Waals surface area (Å²) in [7, 11) is 0. The van der Waals surface area contributed by atoms with E-state index in [0.29, 0.717) is 17.7 Å². The van der Waals surface area contributed by atoms with E-state index < -0.39 is 17.8 Å². The quantitative estimate of drug-likeness (QED) is 0.398. The molecule has 6 heteroatoms. The lowest BCUT2D eigenvalue weighted by atomic mass is 10.0. The normalized spacial score (nSPS) is 14.0. The minimum absolute atomic E-state index is 0.197. The summed E-state index contributed by atoms with van der Waals surface area (Å²) >= 11 is 0. The maximum atomic E-state index is 13.2. The van der Waals surface area contributed by atoms with Gasteiger partial charge in [-0.1, -0.05) is 54.6 Å². The van der Waals surface area contributed by atoms with Crippen molar-refractivity contribution in [2.75, 3.05) is 13.2 Å². The van der Waals surface area contributed by atoms with Crippen molar-refractivity contribution in [1.29, 1.82) is 0 Å². The minimum Gasteiger partial charge on any atom is -0.465 e. The number of carbonyl (C=O) groups is 3. The average Bonchev–Trinajstić information content (AvgIpc) is 3.32. The fraction of sp³-hybridized carbons (Fsp3) is 0.174. The van der Waals surface area contributed by atoms with Crippen LogP contribution in [-0.2, 0) is 16.1 Å². The average molecular weight is 386 g/mol. The van der Waals surface area contributed by atoms with E-state index in [4.69, 9.17) is 4.74 Å². The Bertz CT molecular complexity index is 1160. The predicted molar refractivity (Wildman–Crippen MR) is 106 cm³/mol. The number of hydrogen-bond donors (Lipinski definition) is 0. The highest BCUT2D eigenvalue weighted by molar-refractivity contribution is 6.27. The summed E-state index contributed by atoms with van der Waals surface area (Å²) in [5.41, 5.74) is 5.13. The molecule has 3 heterocycles. The molecule has 0 fully saturated rings. The van der Waals surface area contributed by atoms with Crippen LogP contribution in [0.25, 0.3) is 22.5 Å². The Morgan fingerprint density at radius 3 is 2.31 bits per heavy atom. The number of nitrogens with zero attached hydrogens (tertiary/aromatic N) is 2. The number of imide groups is 1. The molecular formula is C23H18N2O4. The smallest absolute Gasteiger partial charge is 0.326 e. The van der Waals surface area contributed by atoms with E-state index in [1.54, 1.807) is 6.92 Å². The third-order valence-electron chi connectivity index (χ3n) is 5.42. The van der Waals surface area contributed by atoms with Crippen LogP contribution in [0.2, 0.25) is 0 Å². The highest BCUT2D eigenvalue weighted by Crippen LogP contribution is 2.46. The molecular weight excluding hydrogens is 368 g/mol. The zero-order valence-electron chi connectivity index (χ0n) is 15.8. The van der Waals surface area contributed by atoms with Crippen molar-refractivity contribution in [1.82, 2.24) is 9.47 Å². The number of amides is 2. The lowest BCUT2D eigenvalue weighted by Gasteiger charge is -2.15. The van der Waals surface area contributed by atoms with Gasteiger partial charge in [0.1, 0.15) is 6.54 Å². The maximum absolute atomic E-state index is 13.2. The third kappa shape index (κ3) is 2.45. The summed E-state index contributed by atoms with van der Waals surface area (Å²) in [4.78, 5) is 39.5. The molecule has 2 aliphatic rings. The summed E-state index contributed by atoms with van der Waals surface area (Å²) < 4.78 is 6.99. The number of hydrogen-bond acceptors (Lipinski definition) is 4. The molecule has 0 radical (unpaired) electrons. The Hall–Kier alpha value is -3.67. The molecule has 0 N–H and O–H groups in total. The molecule has 144 valence electrons. The highest BCUT2D eigenvalue weighted by atomic mass is 16.5. The number of fused-ring (bicyclic) bond motifs is 5. The molecule has 5 rings (SSSR count). The van der Waals surface area contributed by atoms with Gasteiger partial charge in [0.25, 0.3) is 11.8 Å². The predicted octanol–water partition coefficient (Wildman–Crippen LogP) is 3.34. The Morgan fingerprint density at radius 2 is 1.59 bits per heavy atom. The number of esters is 1. The van der Waals surface area contributed by atoms with Gasteiger partial charge in [-0.05, 0) is 18.1 Å². The van der Waals surface area contributed by atoms with Gasteiger partial charge >= 0.3 is 5.97 Å². The van der Waals surface area contributed by atoms with Crippen LogP contribution in [0.1, 0.15) is 33.2 Å². The highest BCUT2D eigenvalue weighted by Gasteiger charge is 2.46. The molecule has 2 aromatic carbocycles. The zero-order valence-corrected chi connectivity index (χ0v) is 15.8. The molecule has 3 aromatic rings. The SMILES string of the molecule is CCOC(=O)CN1C(=O)c2c(c3n(c2-c2ccccc2)Cc2ccccc2-3)C1=O. The summed E-state index contributed by atoms with van der Waals surface area (Å²) in [5, 5.41) is 0. The van der Waals surface area contributed by atoms with E-state index in [-0.39, 0.29) is 13.2 Å². The van der Waals surface area contributed by atoms with Gasteiger partial charge in [-0.2, -0.15) is 0 Å². The van der Waals surface area contributed by atoms with Crippen molar-refractivity contribution in [2.45, 2.75) is 13.5 Å². The zero-order chi connectivity index (χ0) is 20.1. The molecule has 0 bridgehead atoms. The fourth-order valence-electron chi connectivity index (χ4n) is 4.27. The van der Waals surface area contributed by atoms with Gasteiger partial charge in [0.15, 0.2) is 0 Å². The van der Waals surface area contributed by atoms with Crippen molar-refractivity contribution in [2.24, 2.45) is 0 Å². The van der Waals surface area contributed by atoms with Crippen molar-refractivity contribution in [3.05, 3.63) is 71.3 Å². The molecule has 29 heavy (non-hydrogen) atoms. The first-order valence-corrected chi connectivity index (χ1v) is 9.53. The standard InChI is InChI=1S/C23H18N2O4/c1-2-29-17(26)13-25-22(27)18-19(23(25)28)21-16-11-7-6-10-15(16)12-24(21)20(18)14-8-4-3-5-9-14/h3-11H,2,12-13H2,1H3. The van der Waals surface area contributed by atoms with Crippen molar-refractivity contribution in [3.63, 3.8) is 0 Å². The Balaban J connectivity index is 1.72. The first-order valence-electron chi connectivity index (χ1n) is 9.53. The van der Waals surface area contributed by atoms with Crippen LogP contribution in [0, 0.1) is 0 Å². The van der Waals surface area contributed by atoms with Crippen LogP contribution in [-0.4, -0.2) is 40.4 Å². The van der Waals surface area contributed by atoms with Crippen LogP contribution in [0.4, 0.5) is 0 Å². The molecule has 0 aliphatic carbocycles. The molecule has 0 saturated carbocycles. The first kappa shape index (κ1) is 17.4. The molecule has 0 saturated heterocycles. The maximum Gasteiger partial charge on any atom is 0.326 e. The monoisotopic (exact) mass is 386 g/mol. The van der Waals surface area contributed by atoms with Crippen LogP contribution in [0.5, 0.6) is 0 Å². The van der Waals surface area contributed by atoms with Gasteiger partial charge in [0.2, 0.25) is 0 Å². The van der Waals surface area contributed by atoms with Crippen molar-refractivity contribution in [3.8, 4) is 22.5 Å². The molecule has 0 unspecified atom stereocenters. The van der Waals surface area contributed by atoms with Crippen LogP contribution in [0.3, 0.4) is 0 Å². The van der Waals surface area contributed by atoms with E-state index in [2.05, 4.69) is 0 Å². The molecule has 0 atom stereocenters. The van der Waals surface area contributed by atoms with Crippen molar-refractivity contribution < 1.29 is 19.1 Å². The topological polar surface area (TPSA) is 68.6 Å². The van der Waals surface area contributed by atoms with Crippen LogP contribution < -0.4 is 0 Å². The summed E-state index contributed by atoms with van der Waals surface area (Å²) in [6.45, 7) is 2.10. The second-order valence-electron chi connectivity index (χ2n) is 7.06. The summed E-state index contributed by atoms with van der Waals surface area (Å²) in [6, 6.07) is 17.5. The second kappa shape index (κ2) is 6.44. The molecule has 1 aromatic heterocycles. The van der Waals surface area contributed by atoms with E-state index in [1.807, 2.05) is 59.2 Å². The summed E-state index contributed by atoms with van der Waals surface area (Å²) in [5.74, 6) is -1.48. The minimum atomic E-state index is -0.592. The lowest BCUT2D eigenvalue weighted by Crippen LogP contribution is -2.36. The van der Waals surface area contributed by atoms with E-state index in [9.17, 15) is 14.4 Å². The fourth-order valence-corrected chi connectivity index (χ4v) is 4.27. The van der Waals surface area contributed by atoms with E-state index in [0.717, 1.165) is 33.0 Å². The lowest BCUT2D eigenvalue weighted by molar-refractivity contribution is -0.143. The Morgan fingerprint density at radius 1 is 0.931 bits per heavy atom. The largest absolute Gasteiger partial charge is 0.465 e.